The number of nitrogens with one attached hydrogen (secondary N) is 1. The van der Waals surface area contributed by atoms with Gasteiger partial charge in [0.25, 0.3) is 0 Å². The third kappa shape index (κ3) is 3.97. The molecule has 1 aromatic carbocycles. The molecule has 4 heterocycles. The highest BCUT2D eigenvalue weighted by atomic mass is 16.5. The molecule has 6 fully saturated rings. The van der Waals surface area contributed by atoms with Gasteiger partial charge < -0.3 is 19.6 Å². The van der Waals surface area contributed by atoms with Crippen molar-refractivity contribution in [3.63, 3.8) is 0 Å². The fourth-order valence-corrected chi connectivity index (χ4v) is 10.0. The Morgan fingerprint density at radius 1 is 0.927 bits per heavy atom. The SMILES string of the molecule is CC1C2CC(C3C(=O)N(C[C@H]4CCC[C@@H]4CN4CCC(c5noc6ccccc56)CC4)C(=O)C23)C1N1CCNC1=O. The lowest BCUT2D eigenvalue weighted by Gasteiger charge is -2.38. The van der Waals surface area contributed by atoms with Crippen LogP contribution >= 0.6 is 0 Å². The van der Waals surface area contributed by atoms with Crippen LogP contribution in [-0.4, -0.2) is 83.0 Å². The van der Waals surface area contributed by atoms with E-state index in [1.165, 1.54) is 12.8 Å². The number of aromatic nitrogens is 1. The number of hydrogen-bond acceptors (Lipinski definition) is 6. The number of fused-ring (bicyclic) bond motifs is 6. The van der Waals surface area contributed by atoms with Crippen LogP contribution in [0.5, 0.6) is 0 Å². The number of imide groups is 1. The lowest BCUT2D eigenvalue weighted by Crippen LogP contribution is -2.50. The molecule has 3 aliphatic heterocycles. The first kappa shape index (κ1) is 25.7. The molecule has 3 saturated carbocycles. The quantitative estimate of drug-likeness (QED) is 0.542. The highest BCUT2D eigenvalue weighted by Crippen LogP contribution is 2.60. The van der Waals surface area contributed by atoms with Crippen molar-refractivity contribution in [3.8, 4) is 0 Å². The molecule has 9 heteroatoms. The lowest BCUT2D eigenvalue weighted by molar-refractivity contribution is -0.141. The Kier molecular flexibility index (Phi) is 6.16. The van der Waals surface area contributed by atoms with Crippen LogP contribution in [0.25, 0.3) is 11.0 Å². The first-order valence-electron chi connectivity index (χ1n) is 16.0. The van der Waals surface area contributed by atoms with Crippen molar-refractivity contribution >= 4 is 28.8 Å². The first-order valence-corrected chi connectivity index (χ1v) is 16.0. The lowest BCUT2D eigenvalue weighted by atomic mass is 9.72. The van der Waals surface area contributed by atoms with Gasteiger partial charge in [-0.15, -0.1) is 0 Å². The van der Waals surface area contributed by atoms with Crippen LogP contribution in [0.2, 0.25) is 0 Å². The summed E-state index contributed by atoms with van der Waals surface area (Å²) in [6, 6.07) is 8.21. The molecule has 6 aliphatic rings. The number of carbonyl (C=O) groups excluding carboxylic acids is 3. The van der Waals surface area contributed by atoms with E-state index in [1.54, 1.807) is 4.90 Å². The van der Waals surface area contributed by atoms with Crippen molar-refractivity contribution in [2.24, 2.45) is 41.4 Å². The minimum absolute atomic E-state index is 0.00760. The molecule has 3 saturated heterocycles. The van der Waals surface area contributed by atoms with Crippen molar-refractivity contribution < 1.29 is 18.9 Å². The summed E-state index contributed by atoms with van der Waals surface area (Å²) < 4.78 is 5.57. The van der Waals surface area contributed by atoms with Gasteiger partial charge in [0.15, 0.2) is 5.58 Å². The number of piperidine rings is 1. The second-order valence-corrected chi connectivity index (χ2v) is 13.8. The molecule has 218 valence electrons. The fourth-order valence-electron chi connectivity index (χ4n) is 10.0. The second-order valence-electron chi connectivity index (χ2n) is 13.8. The number of para-hydroxylation sites is 1. The molecule has 2 bridgehead atoms. The normalized spacial score (nSPS) is 37.6. The predicted octanol–water partition coefficient (Wildman–Crippen LogP) is 3.70. The van der Waals surface area contributed by atoms with Crippen LogP contribution in [0.15, 0.2) is 28.8 Å². The van der Waals surface area contributed by atoms with E-state index in [-0.39, 0.29) is 53.5 Å². The summed E-state index contributed by atoms with van der Waals surface area (Å²) in [5.74, 6) is 1.67. The van der Waals surface area contributed by atoms with Gasteiger partial charge in [0.2, 0.25) is 11.8 Å². The van der Waals surface area contributed by atoms with Crippen LogP contribution in [0.1, 0.15) is 57.1 Å². The zero-order valence-electron chi connectivity index (χ0n) is 23.9. The minimum Gasteiger partial charge on any atom is -0.356 e. The molecule has 1 N–H and O–H groups in total. The van der Waals surface area contributed by atoms with Crippen LogP contribution in [-0.2, 0) is 9.59 Å². The molecular formula is C32H41N5O4. The van der Waals surface area contributed by atoms with E-state index in [0.29, 0.717) is 37.4 Å². The van der Waals surface area contributed by atoms with Crippen LogP contribution in [0.3, 0.4) is 0 Å². The minimum atomic E-state index is -0.228. The maximum Gasteiger partial charge on any atom is 0.317 e. The van der Waals surface area contributed by atoms with Crippen LogP contribution in [0, 0.1) is 41.4 Å². The average molecular weight is 560 g/mol. The van der Waals surface area contributed by atoms with Crippen molar-refractivity contribution in [1.29, 1.82) is 0 Å². The van der Waals surface area contributed by atoms with Crippen molar-refractivity contribution in [3.05, 3.63) is 30.0 Å². The van der Waals surface area contributed by atoms with Gasteiger partial charge in [-0.25, -0.2) is 4.79 Å². The highest BCUT2D eigenvalue weighted by molar-refractivity contribution is 6.06. The topological polar surface area (TPSA) is 99.0 Å². The first-order chi connectivity index (χ1) is 20.0. The van der Waals surface area contributed by atoms with Crippen LogP contribution < -0.4 is 5.32 Å². The fraction of sp³-hybridized carbons (Fsp3) is 0.688. The van der Waals surface area contributed by atoms with Gasteiger partial charge in [-0.1, -0.05) is 30.6 Å². The number of hydrogen-bond donors (Lipinski definition) is 1. The maximum absolute atomic E-state index is 13.8. The van der Waals surface area contributed by atoms with E-state index in [9.17, 15) is 14.4 Å². The Balaban J connectivity index is 0.906. The molecule has 1 aromatic heterocycles. The summed E-state index contributed by atoms with van der Waals surface area (Å²) in [5, 5.41) is 8.49. The number of carbonyl (C=O) groups is 3. The number of likely N-dealkylation sites (tertiary alicyclic amines) is 2. The number of nitrogens with zero attached hydrogens (tertiary/aromatic N) is 4. The number of rotatable bonds is 6. The molecule has 2 aromatic rings. The van der Waals surface area contributed by atoms with E-state index in [4.69, 9.17) is 4.52 Å². The highest BCUT2D eigenvalue weighted by Gasteiger charge is 2.67. The molecule has 0 spiro atoms. The van der Waals surface area contributed by atoms with E-state index in [1.807, 2.05) is 17.0 Å². The van der Waals surface area contributed by atoms with Gasteiger partial charge in [0, 0.05) is 43.5 Å². The summed E-state index contributed by atoms with van der Waals surface area (Å²) in [5.41, 5.74) is 1.97. The Bertz CT molecular complexity index is 1370. The molecule has 6 unspecified atom stereocenters. The van der Waals surface area contributed by atoms with Crippen molar-refractivity contribution in [2.75, 3.05) is 39.3 Å². The van der Waals surface area contributed by atoms with Crippen molar-refractivity contribution in [1.82, 2.24) is 25.2 Å². The van der Waals surface area contributed by atoms with Gasteiger partial charge in [-0.3, -0.25) is 14.5 Å². The molecule has 0 radical (unpaired) electrons. The third-order valence-corrected chi connectivity index (χ3v) is 12.0. The third-order valence-electron chi connectivity index (χ3n) is 12.0. The number of benzene rings is 1. The number of urea groups is 1. The standard InChI is InChI=1S/C32H41N5O4/c1-18-23-15-24(29(18)36-14-11-33-32(36)40)27-26(23)30(38)37(31(27)39)17-21-6-4-5-20(21)16-35-12-9-19(10-13-35)28-22-7-2-3-8-25(22)41-34-28/h2-3,7-8,18-21,23-24,26-27,29H,4-6,9-17H2,1H3,(H,33,40)/t18?,20-,21-,23?,24?,26?,27?,29?/m1/s1. The average Bonchev–Trinajstić information content (AvgIpc) is 3.82. The molecule has 4 amide bonds. The Morgan fingerprint density at radius 3 is 2.41 bits per heavy atom. The van der Waals surface area contributed by atoms with Gasteiger partial charge in [-0.2, -0.15) is 0 Å². The summed E-state index contributed by atoms with van der Waals surface area (Å²) in [7, 11) is 0. The molecular weight excluding hydrogens is 518 g/mol. The van der Waals surface area contributed by atoms with Gasteiger partial charge >= 0.3 is 6.03 Å². The smallest absolute Gasteiger partial charge is 0.317 e. The summed E-state index contributed by atoms with van der Waals surface area (Å²) >= 11 is 0. The zero-order valence-corrected chi connectivity index (χ0v) is 23.9. The molecule has 3 aliphatic carbocycles. The predicted molar refractivity (Wildman–Crippen MR) is 152 cm³/mol. The molecule has 8 atom stereocenters. The van der Waals surface area contributed by atoms with E-state index < -0.39 is 0 Å². The maximum atomic E-state index is 13.8. The Labute approximate surface area is 240 Å². The van der Waals surface area contributed by atoms with E-state index in [0.717, 1.165) is 62.0 Å². The van der Waals surface area contributed by atoms with E-state index in [2.05, 4.69) is 34.4 Å². The zero-order chi connectivity index (χ0) is 27.8. The summed E-state index contributed by atoms with van der Waals surface area (Å²) in [6.45, 7) is 7.30. The summed E-state index contributed by atoms with van der Waals surface area (Å²) in [4.78, 5) is 46.3. The molecule has 9 nitrogen and oxygen atoms in total. The van der Waals surface area contributed by atoms with Gasteiger partial charge in [0.05, 0.1) is 17.5 Å². The molecule has 41 heavy (non-hydrogen) atoms. The Hall–Kier alpha value is -2.94. The monoisotopic (exact) mass is 559 g/mol. The van der Waals surface area contributed by atoms with Crippen LogP contribution in [0.4, 0.5) is 4.79 Å². The largest absolute Gasteiger partial charge is 0.356 e. The summed E-state index contributed by atoms with van der Waals surface area (Å²) in [6.07, 6.45) is 6.51. The van der Waals surface area contributed by atoms with Gasteiger partial charge in [0.1, 0.15) is 0 Å². The molecule has 8 rings (SSSR count). The van der Waals surface area contributed by atoms with Gasteiger partial charge in [-0.05, 0) is 86.9 Å². The van der Waals surface area contributed by atoms with Crippen molar-refractivity contribution in [2.45, 2.75) is 57.4 Å². The second kappa shape index (κ2) is 9.82. The van der Waals surface area contributed by atoms with E-state index >= 15 is 0 Å². The Morgan fingerprint density at radius 2 is 1.66 bits per heavy atom. The number of amides is 4.